The molecule has 1 aliphatic rings. The molecule has 4 nitrogen and oxygen atoms in total. The Hall–Kier alpha value is -1.57. The maximum atomic E-state index is 12.0. The molecule has 1 atom stereocenters. The van der Waals surface area contributed by atoms with Crippen LogP contribution in [0.2, 0.25) is 0 Å². The number of hydrogen-bond acceptors (Lipinski definition) is 3. The molecule has 17 heavy (non-hydrogen) atoms. The van der Waals surface area contributed by atoms with E-state index >= 15 is 0 Å². The molecule has 90 valence electrons. The van der Waals surface area contributed by atoms with Crippen LogP contribution in [0.4, 0.5) is 0 Å². The van der Waals surface area contributed by atoms with Gasteiger partial charge in [0.15, 0.2) is 0 Å². The van der Waals surface area contributed by atoms with E-state index in [9.17, 15) is 4.79 Å². The highest BCUT2D eigenvalue weighted by Gasteiger charge is 2.24. The van der Waals surface area contributed by atoms with E-state index in [1.807, 2.05) is 6.07 Å². The first kappa shape index (κ1) is 13.5. The number of hydrogen-bond donors (Lipinski definition) is 1. The van der Waals surface area contributed by atoms with Crippen LogP contribution < -0.4 is 5.73 Å². The fourth-order valence-corrected chi connectivity index (χ4v) is 1.84. The van der Waals surface area contributed by atoms with Crippen molar-refractivity contribution in [2.24, 2.45) is 5.73 Å². The number of benzene rings is 1. The number of nitrogens with zero attached hydrogens (tertiary/aromatic N) is 2. The van der Waals surface area contributed by atoms with Crippen LogP contribution in [-0.2, 0) is 0 Å². The summed E-state index contributed by atoms with van der Waals surface area (Å²) in [7, 11) is 0. The van der Waals surface area contributed by atoms with E-state index in [-0.39, 0.29) is 24.4 Å². The highest BCUT2D eigenvalue weighted by atomic mass is 35.5. The summed E-state index contributed by atoms with van der Waals surface area (Å²) in [5.74, 6) is -0.00237. The Morgan fingerprint density at radius 1 is 1.41 bits per heavy atom. The van der Waals surface area contributed by atoms with E-state index in [1.54, 1.807) is 29.2 Å². The lowest BCUT2D eigenvalue weighted by Gasteiger charge is -2.15. The molecule has 5 heteroatoms. The van der Waals surface area contributed by atoms with Crippen molar-refractivity contribution in [1.29, 1.82) is 5.26 Å². The van der Waals surface area contributed by atoms with Gasteiger partial charge in [0.2, 0.25) is 0 Å². The van der Waals surface area contributed by atoms with Crippen LogP contribution in [0.15, 0.2) is 24.3 Å². The summed E-state index contributed by atoms with van der Waals surface area (Å²) in [6.07, 6.45) is 0.863. The standard InChI is InChI=1S/C12H13N3O.ClH/c13-7-9-1-3-10(4-2-9)12(16)15-6-5-11(14)8-15;/h1-4,11H,5-6,8,14H2;1H/t11-;/m0./s1. The molecule has 1 aromatic rings. The summed E-state index contributed by atoms with van der Waals surface area (Å²) in [5.41, 5.74) is 6.93. The first-order valence-corrected chi connectivity index (χ1v) is 5.25. The SMILES string of the molecule is Cl.N#Cc1ccc(C(=O)N2CC[C@H](N)C2)cc1. The molecular formula is C12H14ClN3O. The summed E-state index contributed by atoms with van der Waals surface area (Å²) in [5, 5.41) is 8.65. The molecule has 1 saturated heterocycles. The Kier molecular flexibility index (Phi) is 4.50. The summed E-state index contributed by atoms with van der Waals surface area (Å²) in [4.78, 5) is 13.7. The first-order valence-electron chi connectivity index (χ1n) is 5.25. The maximum absolute atomic E-state index is 12.0. The molecule has 2 N–H and O–H groups in total. The molecule has 2 rings (SSSR count). The zero-order valence-electron chi connectivity index (χ0n) is 9.30. The van der Waals surface area contributed by atoms with Crippen LogP contribution in [0.25, 0.3) is 0 Å². The van der Waals surface area contributed by atoms with Crippen molar-refractivity contribution in [3.05, 3.63) is 35.4 Å². The molecule has 0 spiro atoms. The molecule has 1 fully saturated rings. The van der Waals surface area contributed by atoms with Gasteiger partial charge in [-0.05, 0) is 30.7 Å². The Morgan fingerprint density at radius 3 is 2.53 bits per heavy atom. The molecule has 1 aromatic carbocycles. The van der Waals surface area contributed by atoms with Gasteiger partial charge in [-0.3, -0.25) is 4.79 Å². The zero-order chi connectivity index (χ0) is 11.5. The van der Waals surface area contributed by atoms with Crippen molar-refractivity contribution in [3.8, 4) is 6.07 Å². The van der Waals surface area contributed by atoms with Gasteiger partial charge in [0, 0.05) is 24.7 Å². The number of likely N-dealkylation sites (tertiary alicyclic amines) is 1. The van der Waals surface area contributed by atoms with E-state index < -0.39 is 0 Å². The van der Waals surface area contributed by atoms with E-state index in [4.69, 9.17) is 11.0 Å². The number of carbonyl (C=O) groups excluding carboxylic acids is 1. The van der Waals surface area contributed by atoms with Gasteiger partial charge < -0.3 is 10.6 Å². The highest BCUT2D eigenvalue weighted by Crippen LogP contribution is 2.12. The molecule has 0 aliphatic carbocycles. The number of amides is 1. The number of carbonyl (C=O) groups is 1. The smallest absolute Gasteiger partial charge is 0.253 e. The molecule has 0 radical (unpaired) electrons. The molecule has 1 amide bonds. The average Bonchev–Trinajstić information content (AvgIpc) is 2.75. The Balaban J connectivity index is 0.00000144. The van der Waals surface area contributed by atoms with Crippen molar-refractivity contribution in [3.63, 3.8) is 0 Å². The molecule has 0 bridgehead atoms. The van der Waals surface area contributed by atoms with Gasteiger partial charge >= 0.3 is 0 Å². The average molecular weight is 252 g/mol. The third-order valence-electron chi connectivity index (χ3n) is 2.77. The van der Waals surface area contributed by atoms with Gasteiger partial charge in [-0.25, -0.2) is 0 Å². The van der Waals surface area contributed by atoms with Crippen molar-refractivity contribution >= 4 is 18.3 Å². The second kappa shape index (κ2) is 5.67. The Bertz CT molecular complexity index is 438. The van der Waals surface area contributed by atoms with Gasteiger partial charge in [0.1, 0.15) is 0 Å². The second-order valence-corrected chi connectivity index (χ2v) is 3.99. The number of nitrogens with two attached hydrogens (primary N) is 1. The summed E-state index contributed by atoms with van der Waals surface area (Å²) < 4.78 is 0. The molecule has 0 unspecified atom stereocenters. The predicted octanol–water partition coefficient (Wildman–Crippen LogP) is 1.15. The fourth-order valence-electron chi connectivity index (χ4n) is 1.84. The Morgan fingerprint density at radius 2 is 2.06 bits per heavy atom. The number of halogens is 1. The summed E-state index contributed by atoms with van der Waals surface area (Å²) in [6, 6.07) is 8.81. The van der Waals surface area contributed by atoms with E-state index in [2.05, 4.69) is 0 Å². The van der Waals surface area contributed by atoms with Crippen LogP contribution in [0.3, 0.4) is 0 Å². The summed E-state index contributed by atoms with van der Waals surface area (Å²) in [6.45, 7) is 1.35. The monoisotopic (exact) mass is 251 g/mol. The molecule has 1 heterocycles. The molecule has 1 aliphatic heterocycles. The molecular weight excluding hydrogens is 238 g/mol. The Labute approximate surface area is 106 Å². The number of nitriles is 1. The quantitative estimate of drug-likeness (QED) is 0.814. The first-order chi connectivity index (χ1) is 7.70. The van der Waals surface area contributed by atoms with Gasteiger partial charge in [-0.2, -0.15) is 5.26 Å². The van der Waals surface area contributed by atoms with Crippen LogP contribution in [0.5, 0.6) is 0 Å². The lowest BCUT2D eigenvalue weighted by Crippen LogP contribution is -2.31. The lowest BCUT2D eigenvalue weighted by atomic mass is 10.1. The summed E-state index contributed by atoms with van der Waals surface area (Å²) >= 11 is 0. The minimum Gasteiger partial charge on any atom is -0.337 e. The highest BCUT2D eigenvalue weighted by molar-refractivity contribution is 5.94. The zero-order valence-corrected chi connectivity index (χ0v) is 10.1. The maximum Gasteiger partial charge on any atom is 0.253 e. The lowest BCUT2D eigenvalue weighted by molar-refractivity contribution is 0.0791. The van der Waals surface area contributed by atoms with Gasteiger partial charge in [-0.15, -0.1) is 12.4 Å². The van der Waals surface area contributed by atoms with Gasteiger partial charge in [0.25, 0.3) is 5.91 Å². The van der Waals surface area contributed by atoms with E-state index in [0.29, 0.717) is 17.7 Å². The normalized spacial score (nSPS) is 18.4. The van der Waals surface area contributed by atoms with Crippen LogP contribution in [-0.4, -0.2) is 29.9 Å². The van der Waals surface area contributed by atoms with Crippen molar-refractivity contribution < 1.29 is 4.79 Å². The minimum atomic E-state index is -0.00237. The second-order valence-electron chi connectivity index (χ2n) is 3.99. The van der Waals surface area contributed by atoms with Crippen molar-refractivity contribution in [2.45, 2.75) is 12.5 Å². The topological polar surface area (TPSA) is 70.1 Å². The predicted molar refractivity (Wildman–Crippen MR) is 66.9 cm³/mol. The minimum absolute atomic E-state index is 0. The largest absolute Gasteiger partial charge is 0.337 e. The van der Waals surface area contributed by atoms with Gasteiger partial charge in [0.05, 0.1) is 11.6 Å². The van der Waals surface area contributed by atoms with Crippen LogP contribution >= 0.6 is 12.4 Å². The van der Waals surface area contributed by atoms with E-state index in [1.165, 1.54) is 0 Å². The van der Waals surface area contributed by atoms with Crippen LogP contribution in [0, 0.1) is 11.3 Å². The number of rotatable bonds is 1. The van der Waals surface area contributed by atoms with Crippen molar-refractivity contribution in [1.82, 2.24) is 4.90 Å². The third-order valence-corrected chi connectivity index (χ3v) is 2.77. The van der Waals surface area contributed by atoms with Crippen molar-refractivity contribution in [2.75, 3.05) is 13.1 Å². The van der Waals surface area contributed by atoms with E-state index in [0.717, 1.165) is 13.0 Å². The fraction of sp³-hybridized carbons (Fsp3) is 0.333. The molecule has 0 saturated carbocycles. The third kappa shape index (κ3) is 2.96. The molecule has 0 aromatic heterocycles. The van der Waals surface area contributed by atoms with Crippen LogP contribution in [0.1, 0.15) is 22.3 Å². The van der Waals surface area contributed by atoms with Gasteiger partial charge in [-0.1, -0.05) is 0 Å².